The first kappa shape index (κ1) is 15.4. The third kappa shape index (κ3) is 3.20. The highest BCUT2D eigenvalue weighted by Gasteiger charge is 2.41. The van der Waals surface area contributed by atoms with E-state index >= 15 is 0 Å². The maximum absolute atomic E-state index is 14.0. The first-order valence-corrected chi connectivity index (χ1v) is 6.40. The van der Waals surface area contributed by atoms with E-state index in [0.29, 0.717) is 18.5 Å². The molecule has 0 aliphatic carbocycles. The molecule has 0 fully saturated rings. The van der Waals surface area contributed by atoms with Crippen molar-refractivity contribution in [2.24, 2.45) is 0 Å². The Hall–Kier alpha value is -1.68. The fraction of sp³-hybridized carbons (Fsp3) is 0.400. The summed E-state index contributed by atoms with van der Waals surface area (Å²) in [5.41, 5.74) is -0.868. The summed E-state index contributed by atoms with van der Waals surface area (Å²) in [4.78, 5) is 12.3. The molecule has 0 bridgehead atoms. The van der Waals surface area contributed by atoms with Crippen LogP contribution in [0, 0.1) is 5.82 Å². The Balaban J connectivity index is 3.27. The summed E-state index contributed by atoms with van der Waals surface area (Å²) in [6, 6.07) is 6.25. The SMILES string of the molecule is C=CCNC(CC)(C(=O)OCC)c1ccccc1F. The van der Waals surface area contributed by atoms with Crippen LogP contribution in [0.25, 0.3) is 0 Å². The molecule has 0 aromatic heterocycles. The van der Waals surface area contributed by atoms with Crippen LogP contribution in [-0.4, -0.2) is 19.1 Å². The fourth-order valence-corrected chi connectivity index (χ4v) is 2.05. The van der Waals surface area contributed by atoms with Crippen LogP contribution in [0.15, 0.2) is 36.9 Å². The van der Waals surface area contributed by atoms with Crippen molar-refractivity contribution >= 4 is 5.97 Å². The Labute approximate surface area is 113 Å². The zero-order valence-corrected chi connectivity index (χ0v) is 11.4. The molecule has 104 valence electrons. The van der Waals surface area contributed by atoms with Crippen LogP contribution < -0.4 is 5.32 Å². The lowest BCUT2D eigenvalue weighted by Gasteiger charge is -2.32. The Morgan fingerprint density at radius 2 is 2.16 bits per heavy atom. The molecule has 0 amide bonds. The van der Waals surface area contributed by atoms with Gasteiger partial charge in [0.15, 0.2) is 0 Å². The van der Waals surface area contributed by atoms with Gasteiger partial charge in [0.1, 0.15) is 11.4 Å². The van der Waals surface area contributed by atoms with Crippen LogP contribution in [0.2, 0.25) is 0 Å². The van der Waals surface area contributed by atoms with Crippen LogP contribution in [0.3, 0.4) is 0 Å². The average Bonchev–Trinajstić information content (AvgIpc) is 2.42. The van der Waals surface area contributed by atoms with Gasteiger partial charge in [0, 0.05) is 12.1 Å². The van der Waals surface area contributed by atoms with E-state index in [0.717, 1.165) is 0 Å². The molecule has 1 aromatic rings. The molecule has 4 heteroatoms. The highest BCUT2D eigenvalue weighted by molar-refractivity contribution is 5.82. The van der Waals surface area contributed by atoms with Gasteiger partial charge in [-0.3, -0.25) is 5.32 Å². The van der Waals surface area contributed by atoms with Crippen LogP contribution in [0.1, 0.15) is 25.8 Å². The third-order valence-corrected chi connectivity index (χ3v) is 3.04. The maximum Gasteiger partial charge on any atom is 0.331 e. The number of rotatable bonds is 7. The largest absolute Gasteiger partial charge is 0.464 e. The average molecular weight is 265 g/mol. The second kappa shape index (κ2) is 7.04. The Kier molecular flexibility index (Phi) is 5.70. The highest BCUT2D eigenvalue weighted by atomic mass is 19.1. The number of esters is 1. The first-order valence-electron chi connectivity index (χ1n) is 6.40. The molecule has 0 radical (unpaired) electrons. The Morgan fingerprint density at radius 3 is 2.68 bits per heavy atom. The zero-order chi connectivity index (χ0) is 14.3. The molecule has 0 saturated heterocycles. The van der Waals surface area contributed by atoms with Gasteiger partial charge in [-0.2, -0.15) is 0 Å². The van der Waals surface area contributed by atoms with Gasteiger partial charge in [-0.1, -0.05) is 31.2 Å². The second-order valence-electron chi connectivity index (χ2n) is 4.13. The Morgan fingerprint density at radius 1 is 1.47 bits per heavy atom. The molecule has 0 aliphatic rings. The quantitative estimate of drug-likeness (QED) is 0.608. The van der Waals surface area contributed by atoms with E-state index in [4.69, 9.17) is 4.74 Å². The Bertz CT molecular complexity index is 448. The van der Waals surface area contributed by atoms with Crippen LogP contribution >= 0.6 is 0 Å². The first-order chi connectivity index (χ1) is 9.12. The third-order valence-electron chi connectivity index (χ3n) is 3.04. The molecule has 19 heavy (non-hydrogen) atoms. The van der Waals surface area contributed by atoms with Gasteiger partial charge >= 0.3 is 5.97 Å². The van der Waals surface area contributed by atoms with E-state index in [9.17, 15) is 9.18 Å². The van der Waals surface area contributed by atoms with Crippen molar-refractivity contribution < 1.29 is 13.9 Å². The van der Waals surface area contributed by atoms with Crippen molar-refractivity contribution in [2.45, 2.75) is 25.8 Å². The van der Waals surface area contributed by atoms with Crippen molar-refractivity contribution in [3.63, 3.8) is 0 Å². The molecular weight excluding hydrogens is 245 g/mol. The monoisotopic (exact) mass is 265 g/mol. The summed E-state index contributed by atoms with van der Waals surface area (Å²) in [6.07, 6.45) is 2.02. The molecule has 3 nitrogen and oxygen atoms in total. The summed E-state index contributed by atoms with van der Waals surface area (Å²) in [6.45, 7) is 7.80. The minimum atomic E-state index is -1.17. The maximum atomic E-state index is 14.0. The minimum absolute atomic E-state index is 0.255. The summed E-state index contributed by atoms with van der Waals surface area (Å²) in [7, 11) is 0. The van der Waals surface area contributed by atoms with E-state index in [1.807, 2.05) is 6.92 Å². The van der Waals surface area contributed by atoms with Gasteiger partial charge in [0.25, 0.3) is 0 Å². The summed E-state index contributed by atoms with van der Waals surface area (Å²) < 4.78 is 19.1. The van der Waals surface area contributed by atoms with Crippen molar-refractivity contribution in [3.8, 4) is 0 Å². The van der Waals surface area contributed by atoms with Crippen LogP contribution in [0.5, 0.6) is 0 Å². The van der Waals surface area contributed by atoms with Crippen molar-refractivity contribution in [1.29, 1.82) is 0 Å². The predicted molar refractivity (Wildman–Crippen MR) is 73.2 cm³/mol. The standard InChI is InChI=1S/C15H20FNO2/c1-4-11-17-15(5-2,14(18)19-6-3)12-9-7-8-10-13(12)16/h4,7-10,17H,1,5-6,11H2,2-3H3. The number of hydrogen-bond acceptors (Lipinski definition) is 3. The molecule has 0 spiro atoms. The zero-order valence-electron chi connectivity index (χ0n) is 11.4. The van der Waals surface area contributed by atoms with E-state index in [-0.39, 0.29) is 6.61 Å². The van der Waals surface area contributed by atoms with E-state index in [2.05, 4.69) is 11.9 Å². The molecule has 0 heterocycles. The summed E-state index contributed by atoms with van der Waals surface area (Å²) in [5, 5.41) is 3.04. The second-order valence-corrected chi connectivity index (χ2v) is 4.13. The molecular formula is C15H20FNO2. The molecule has 0 aliphatic heterocycles. The molecule has 1 N–H and O–H groups in total. The number of benzene rings is 1. The van der Waals surface area contributed by atoms with Gasteiger partial charge in [-0.25, -0.2) is 9.18 Å². The molecule has 1 aromatic carbocycles. The molecule has 1 unspecified atom stereocenters. The summed E-state index contributed by atoms with van der Waals surface area (Å²) in [5.74, 6) is -0.890. The molecule has 0 saturated carbocycles. The topological polar surface area (TPSA) is 38.3 Å². The normalized spacial score (nSPS) is 13.6. The lowest BCUT2D eigenvalue weighted by Crippen LogP contribution is -2.50. The van der Waals surface area contributed by atoms with E-state index < -0.39 is 17.3 Å². The van der Waals surface area contributed by atoms with Crippen LogP contribution in [0.4, 0.5) is 4.39 Å². The minimum Gasteiger partial charge on any atom is -0.464 e. The van der Waals surface area contributed by atoms with Gasteiger partial charge in [-0.05, 0) is 19.4 Å². The lowest BCUT2D eigenvalue weighted by atomic mass is 9.86. The van der Waals surface area contributed by atoms with E-state index in [1.54, 1.807) is 31.2 Å². The van der Waals surface area contributed by atoms with Gasteiger partial charge in [0.2, 0.25) is 0 Å². The fourth-order valence-electron chi connectivity index (χ4n) is 2.05. The number of carbonyl (C=O) groups excluding carboxylic acids is 1. The highest BCUT2D eigenvalue weighted by Crippen LogP contribution is 2.29. The molecule has 1 atom stereocenters. The lowest BCUT2D eigenvalue weighted by molar-refractivity contribution is -0.152. The number of carbonyl (C=O) groups is 1. The van der Waals surface area contributed by atoms with Crippen molar-refractivity contribution in [2.75, 3.05) is 13.2 Å². The van der Waals surface area contributed by atoms with Crippen LogP contribution in [-0.2, 0) is 15.1 Å². The van der Waals surface area contributed by atoms with Crippen molar-refractivity contribution in [3.05, 3.63) is 48.3 Å². The van der Waals surface area contributed by atoms with Crippen molar-refractivity contribution in [1.82, 2.24) is 5.32 Å². The number of nitrogens with one attached hydrogen (secondary N) is 1. The predicted octanol–water partition coefficient (Wildman–Crippen LogP) is 2.77. The van der Waals surface area contributed by atoms with Gasteiger partial charge in [0.05, 0.1) is 6.61 Å². The number of hydrogen-bond donors (Lipinski definition) is 1. The van der Waals surface area contributed by atoms with E-state index in [1.165, 1.54) is 6.07 Å². The number of halogens is 1. The van der Waals surface area contributed by atoms with Gasteiger partial charge < -0.3 is 4.74 Å². The summed E-state index contributed by atoms with van der Waals surface area (Å²) >= 11 is 0. The van der Waals surface area contributed by atoms with Gasteiger partial charge in [-0.15, -0.1) is 6.58 Å². The molecule has 1 rings (SSSR count). The number of ether oxygens (including phenoxy) is 1. The smallest absolute Gasteiger partial charge is 0.331 e.